The Labute approximate surface area is 105 Å². The molecule has 0 aliphatic heterocycles. The van der Waals surface area contributed by atoms with E-state index in [1.54, 1.807) is 13.3 Å². The second kappa shape index (κ2) is 4.67. The van der Waals surface area contributed by atoms with E-state index in [4.69, 9.17) is 22.1 Å². The first-order valence-electron chi connectivity index (χ1n) is 5.33. The van der Waals surface area contributed by atoms with E-state index in [0.29, 0.717) is 10.8 Å². The zero-order chi connectivity index (χ0) is 12.4. The molecular weight excluding hydrogens is 238 g/mol. The number of halogens is 1. The summed E-state index contributed by atoms with van der Waals surface area (Å²) in [6.45, 7) is 2.05. The fourth-order valence-electron chi connectivity index (χ4n) is 1.82. The first-order valence-corrected chi connectivity index (χ1v) is 5.70. The van der Waals surface area contributed by atoms with E-state index in [2.05, 4.69) is 17.1 Å². The molecule has 0 aliphatic carbocycles. The molecule has 1 aromatic carbocycles. The van der Waals surface area contributed by atoms with Crippen molar-refractivity contribution in [3.63, 3.8) is 0 Å². The van der Waals surface area contributed by atoms with Crippen molar-refractivity contribution in [2.75, 3.05) is 12.8 Å². The lowest BCUT2D eigenvalue weighted by molar-refractivity contribution is 0.410. The molecule has 0 aliphatic rings. The van der Waals surface area contributed by atoms with Crippen LogP contribution >= 0.6 is 11.6 Å². The third kappa shape index (κ3) is 2.08. The normalized spacial score (nSPS) is 10.5. The molecule has 1 aromatic heterocycles. The molecule has 1 heterocycles. The standard InChI is InChI=1S/C12H14ClN3O/c1-3-7-4-8(5-10(13)11(7)17-2)9-6-15-16-12(9)14/h4-6H,3H2,1-2H3,(H3,14,15,16). The number of nitrogens with one attached hydrogen (secondary N) is 1. The van der Waals surface area contributed by atoms with Crippen LogP contribution in [0.15, 0.2) is 18.3 Å². The highest BCUT2D eigenvalue weighted by molar-refractivity contribution is 6.32. The average Bonchev–Trinajstić information content (AvgIpc) is 2.74. The maximum atomic E-state index is 6.19. The SMILES string of the molecule is CCc1cc(-c2cn[nH]c2N)cc(Cl)c1OC. The molecule has 0 saturated heterocycles. The van der Waals surface area contributed by atoms with Crippen molar-refractivity contribution in [1.82, 2.24) is 10.2 Å². The zero-order valence-corrected chi connectivity index (χ0v) is 10.5. The summed E-state index contributed by atoms with van der Waals surface area (Å²) < 4.78 is 5.28. The van der Waals surface area contributed by atoms with Crippen LogP contribution in [0.2, 0.25) is 5.02 Å². The van der Waals surface area contributed by atoms with Crippen LogP contribution in [-0.2, 0) is 6.42 Å². The number of H-pyrrole nitrogens is 1. The minimum atomic E-state index is 0.535. The number of aryl methyl sites for hydroxylation is 1. The first kappa shape index (κ1) is 11.8. The van der Waals surface area contributed by atoms with Crippen LogP contribution in [0.1, 0.15) is 12.5 Å². The lowest BCUT2D eigenvalue weighted by Crippen LogP contribution is -1.94. The van der Waals surface area contributed by atoms with Gasteiger partial charge >= 0.3 is 0 Å². The molecule has 17 heavy (non-hydrogen) atoms. The van der Waals surface area contributed by atoms with Crippen molar-refractivity contribution in [2.24, 2.45) is 0 Å². The summed E-state index contributed by atoms with van der Waals surface area (Å²) >= 11 is 6.19. The number of hydrogen-bond donors (Lipinski definition) is 2. The highest BCUT2D eigenvalue weighted by Crippen LogP contribution is 2.35. The summed E-state index contributed by atoms with van der Waals surface area (Å²) in [6.07, 6.45) is 2.53. The van der Waals surface area contributed by atoms with E-state index >= 15 is 0 Å². The van der Waals surface area contributed by atoms with Crippen LogP contribution in [0.3, 0.4) is 0 Å². The molecule has 0 saturated carbocycles. The highest BCUT2D eigenvalue weighted by atomic mass is 35.5. The number of aromatic nitrogens is 2. The molecule has 3 N–H and O–H groups in total. The molecule has 0 amide bonds. The molecule has 0 radical (unpaired) electrons. The second-order valence-corrected chi connectivity index (χ2v) is 4.11. The number of nitrogen functional groups attached to an aromatic ring is 1. The number of benzene rings is 1. The maximum absolute atomic E-state index is 6.19. The van der Waals surface area contributed by atoms with Crippen molar-refractivity contribution in [3.05, 3.63) is 28.9 Å². The lowest BCUT2D eigenvalue weighted by atomic mass is 10.0. The van der Waals surface area contributed by atoms with Crippen molar-refractivity contribution < 1.29 is 4.74 Å². The number of anilines is 1. The quantitative estimate of drug-likeness (QED) is 0.882. The van der Waals surface area contributed by atoms with Gasteiger partial charge in [-0.2, -0.15) is 5.10 Å². The van der Waals surface area contributed by atoms with Gasteiger partial charge < -0.3 is 10.5 Å². The van der Waals surface area contributed by atoms with E-state index in [1.165, 1.54) is 0 Å². The van der Waals surface area contributed by atoms with Crippen LogP contribution in [-0.4, -0.2) is 17.3 Å². The Bertz CT molecular complexity index is 537. The summed E-state index contributed by atoms with van der Waals surface area (Å²) in [4.78, 5) is 0. The smallest absolute Gasteiger partial charge is 0.140 e. The van der Waals surface area contributed by atoms with Crippen LogP contribution < -0.4 is 10.5 Å². The predicted molar refractivity (Wildman–Crippen MR) is 69.4 cm³/mol. The number of ether oxygens (including phenoxy) is 1. The highest BCUT2D eigenvalue weighted by Gasteiger charge is 2.12. The molecule has 2 aromatic rings. The molecule has 90 valence electrons. The van der Waals surface area contributed by atoms with Gasteiger partial charge in [0.25, 0.3) is 0 Å². The molecule has 0 bridgehead atoms. The molecule has 4 nitrogen and oxygen atoms in total. The fourth-order valence-corrected chi connectivity index (χ4v) is 2.14. The van der Waals surface area contributed by atoms with Gasteiger partial charge in [0.2, 0.25) is 0 Å². The minimum Gasteiger partial charge on any atom is -0.495 e. The number of nitrogens with zero attached hydrogens (tertiary/aromatic N) is 1. The van der Waals surface area contributed by atoms with E-state index < -0.39 is 0 Å². The molecule has 0 unspecified atom stereocenters. The third-order valence-corrected chi connectivity index (χ3v) is 2.97. The fraction of sp³-hybridized carbons (Fsp3) is 0.250. The van der Waals surface area contributed by atoms with Gasteiger partial charge in [-0.25, -0.2) is 0 Å². The van der Waals surface area contributed by atoms with Gasteiger partial charge in [-0.1, -0.05) is 18.5 Å². The number of rotatable bonds is 3. The Morgan fingerprint density at radius 2 is 2.24 bits per heavy atom. The number of methoxy groups -OCH3 is 1. The minimum absolute atomic E-state index is 0.535. The Balaban J connectivity index is 2.58. The van der Waals surface area contributed by atoms with Crippen LogP contribution in [0.5, 0.6) is 5.75 Å². The van der Waals surface area contributed by atoms with E-state index in [0.717, 1.165) is 28.9 Å². The number of aromatic amines is 1. The van der Waals surface area contributed by atoms with Gasteiger partial charge in [-0.05, 0) is 29.7 Å². The van der Waals surface area contributed by atoms with Crippen molar-refractivity contribution in [3.8, 4) is 16.9 Å². The van der Waals surface area contributed by atoms with Crippen LogP contribution in [0.4, 0.5) is 5.82 Å². The van der Waals surface area contributed by atoms with Gasteiger partial charge in [0.05, 0.1) is 18.3 Å². The van der Waals surface area contributed by atoms with E-state index in [9.17, 15) is 0 Å². The molecule has 5 heteroatoms. The predicted octanol–water partition coefficient (Wildman–Crippen LogP) is 2.88. The molecule has 0 atom stereocenters. The average molecular weight is 252 g/mol. The van der Waals surface area contributed by atoms with Gasteiger partial charge in [-0.15, -0.1) is 0 Å². The van der Waals surface area contributed by atoms with Gasteiger partial charge in [0.1, 0.15) is 11.6 Å². The largest absolute Gasteiger partial charge is 0.495 e. The van der Waals surface area contributed by atoms with Gasteiger partial charge in [-0.3, -0.25) is 5.10 Å². The summed E-state index contributed by atoms with van der Waals surface area (Å²) in [5.41, 5.74) is 8.64. The third-order valence-electron chi connectivity index (χ3n) is 2.69. The number of hydrogen-bond acceptors (Lipinski definition) is 3. The Morgan fingerprint density at radius 1 is 1.47 bits per heavy atom. The Kier molecular flexibility index (Phi) is 3.24. The Hall–Kier alpha value is -1.68. The summed E-state index contributed by atoms with van der Waals surface area (Å²) in [5.74, 6) is 1.26. The summed E-state index contributed by atoms with van der Waals surface area (Å²) in [7, 11) is 1.62. The second-order valence-electron chi connectivity index (χ2n) is 3.70. The van der Waals surface area contributed by atoms with Crippen LogP contribution in [0, 0.1) is 0 Å². The number of nitrogens with two attached hydrogens (primary N) is 1. The van der Waals surface area contributed by atoms with Crippen molar-refractivity contribution in [2.45, 2.75) is 13.3 Å². The molecular formula is C12H14ClN3O. The van der Waals surface area contributed by atoms with E-state index in [1.807, 2.05) is 12.1 Å². The molecule has 2 rings (SSSR count). The van der Waals surface area contributed by atoms with Crippen LogP contribution in [0.25, 0.3) is 11.1 Å². The first-order chi connectivity index (χ1) is 8.17. The zero-order valence-electron chi connectivity index (χ0n) is 9.75. The van der Waals surface area contributed by atoms with Crippen molar-refractivity contribution >= 4 is 17.4 Å². The van der Waals surface area contributed by atoms with Crippen molar-refractivity contribution in [1.29, 1.82) is 0 Å². The molecule has 0 spiro atoms. The van der Waals surface area contributed by atoms with E-state index in [-0.39, 0.29) is 0 Å². The lowest BCUT2D eigenvalue weighted by Gasteiger charge is -2.11. The molecule has 0 fully saturated rings. The summed E-state index contributed by atoms with van der Waals surface area (Å²) in [6, 6.07) is 3.85. The Morgan fingerprint density at radius 3 is 2.76 bits per heavy atom. The topological polar surface area (TPSA) is 63.9 Å². The van der Waals surface area contributed by atoms with Gasteiger partial charge in [0.15, 0.2) is 0 Å². The summed E-state index contributed by atoms with van der Waals surface area (Å²) in [5, 5.41) is 7.19. The monoisotopic (exact) mass is 251 g/mol. The maximum Gasteiger partial charge on any atom is 0.140 e. The van der Waals surface area contributed by atoms with Gasteiger partial charge in [0, 0.05) is 5.56 Å².